The SMILES string of the molecule is c1ccc(-c2[nH]ncc2-c2ccccn2)cc1. The van der Waals surface area contributed by atoms with E-state index in [4.69, 9.17) is 0 Å². The van der Waals surface area contributed by atoms with Crippen LogP contribution in [0.1, 0.15) is 0 Å². The Hall–Kier alpha value is -2.42. The maximum atomic E-state index is 4.35. The highest BCUT2D eigenvalue weighted by Gasteiger charge is 2.09. The zero-order valence-corrected chi connectivity index (χ0v) is 9.17. The zero-order valence-electron chi connectivity index (χ0n) is 9.17. The van der Waals surface area contributed by atoms with E-state index in [1.54, 1.807) is 6.20 Å². The maximum absolute atomic E-state index is 4.35. The fourth-order valence-corrected chi connectivity index (χ4v) is 1.83. The van der Waals surface area contributed by atoms with Gasteiger partial charge in [-0.2, -0.15) is 5.10 Å². The van der Waals surface area contributed by atoms with Crippen LogP contribution in [0.25, 0.3) is 22.5 Å². The number of pyridine rings is 1. The van der Waals surface area contributed by atoms with E-state index < -0.39 is 0 Å². The van der Waals surface area contributed by atoms with Crippen LogP contribution in [0, 0.1) is 0 Å². The van der Waals surface area contributed by atoms with Crippen molar-refractivity contribution in [2.24, 2.45) is 0 Å². The summed E-state index contributed by atoms with van der Waals surface area (Å²) in [6.07, 6.45) is 3.60. The van der Waals surface area contributed by atoms with Gasteiger partial charge in [0.1, 0.15) is 0 Å². The van der Waals surface area contributed by atoms with Crippen molar-refractivity contribution in [3.8, 4) is 22.5 Å². The van der Waals surface area contributed by atoms with E-state index in [0.717, 1.165) is 22.5 Å². The molecule has 0 amide bonds. The van der Waals surface area contributed by atoms with Gasteiger partial charge in [0.05, 0.1) is 17.6 Å². The molecular weight excluding hydrogens is 210 g/mol. The lowest BCUT2D eigenvalue weighted by Crippen LogP contribution is -1.84. The third-order valence-electron chi connectivity index (χ3n) is 2.64. The van der Waals surface area contributed by atoms with Crippen LogP contribution < -0.4 is 0 Å². The molecule has 82 valence electrons. The molecule has 1 aromatic carbocycles. The summed E-state index contributed by atoms with van der Waals surface area (Å²) in [6, 6.07) is 16.0. The minimum absolute atomic E-state index is 0.931. The summed E-state index contributed by atoms with van der Waals surface area (Å²) >= 11 is 0. The Morgan fingerprint density at radius 2 is 1.71 bits per heavy atom. The number of H-pyrrole nitrogens is 1. The summed E-state index contributed by atoms with van der Waals surface area (Å²) in [6.45, 7) is 0. The Morgan fingerprint density at radius 1 is 0.882 bits per heavy atom. The molecule has 0 unspecified atom stereocenters. The van der Waals surface area contributed by atoms with Crippen LogP contribution in [0.5, 0.6) is 0 Å². The van der Waals surface area contributed by atoms with Crippen LogP contribution >= 0.6 is 0 Å². The van der Waals surface area contributed by atoms with Gasteiger partial charge in [-0.05, 0) is 12.1 Å². The first-order valence-corrected chi connectivity index (χ1v) is 5.45. The summed E-state index contributed by atoms with van der Waals surface area (Å²) < 4.78 is 0. The summed E-state index contributed by atoms with van der Waals surface area (Å²) in [7, 11) is 0. The van der Waals surface area contributed by atoms with Crippen molar-refractivity contribution in [3.63, 3.8) is 0 Å². The van der Waals surface area contributed by atoms with E-state index in [1.165, 1.54) is 0 Å². The van der Waals surface area contributed by atoms with Crippen LogP contribution in [0.3, 0.4) is 0 Å². The average molecular weight is 221 g/mol. The number of hydrogen-bond donors (Lipinski definition) is 1. The van der Waals surface area contributed by atoms with Gasteiger partial charge in [0.2, 0.25) is 0 Å². The molecule has 0 saturated carbocycles. The number of aromatic nitrogens is 3. The van der Waals surface area contributed by atoms with Gasteiger partial charge in [0.25, 0.3) is 0 Å². The van der Waals surface area contributed by atoms with Crippen molar-refractivity contribution < 1.29 is 0 Å². The minimum atomic E-state index is 0.931. The van der Waals surface area contributed by atoms with E-state index in [-0.39, 0.29) is 0 Å². The second-order valence-electron chi connectivity index (χ2n) is 3.74. The Labute approximate surface area is 99.2 Å². The van der Waals surface area contributed by atoms with Crippen molar-refractivity contribution in [2.45, 2.75) is 0 Å². The van der Waals surface area contributed by atoms with Gasteiger partial charge in [-0.15, -0.1) is 0 Å². The third kappa shape index (κ3) is 1.83. The van der Waals surface area contributed by atoms with E-state index in [9.17, 15) is 0 Å². The van der Waals surface area contributed by atoms with Crippen molar-refractivity contribution in [1.29, 1.82) is 0 Å². The standard InChI is InChI=1S/C14H11N3/c1-2-6-11(7-3-1)14-12(10-16-17-14)13-8-4-5-9-15-13/h1-10H,(H,16,17). The topological polar surface area (TPSA) is 41.6 Å². The lowest BCUT2D eigenvalue weighted by atomic mass is 10.1. The first kappa shape index (κ1) is 9.78. The fraction of sp³-hybridized carbons (Fsp3) is 0. The van der Waals surface area contributed by atoms with Gasteiger partial charge in [-0.25, -0.2) is 0 Å². The highest BCUT2D eigenvalue weighted by molar-refractivity contribution is 5.78. The molecule has 3 nitrogen and oxygen atoms in total. The molecule has 0 aliphatic heterocycles. The molecule has 2 heterocycles. The zero-order chi connectivity index (χ0) is 11.5. The normalized spacial score (nSPS) is 10.4. The Bertz CT molecular complexity index is 546. The van der Waals surface area contributed by atoms with Gasteiger partial charge < -0.3 is 0 Å². The molecule has 0 radical (unpaired) electrons. The lowest BCUT2D eigenvalue weighted by molar-refractivity contribution is 1.10. The second-order valence-corrected chi connectivity index (χ2v) is 3.74. The number of nitrogens with zero attached hydrogens (tertiary/aromatic N) is 2. The largest absolute Gasteiger partial charge is 0.277 e. The molecule has 1 N–H and O–H groups in total. The number of aromatic amines is 1. The number of nitrogens with one attached hydrogen (secondary N) is 1. The Morgan fingerprint density at radius 3 is 2.47 bits per heavy atom. The monoisotopic (exact) mass is 221 g/mol. The van der Waals surface area contributed by atoms with Crippen molar-refractivity contribution in [3.05, 3.63) is 60.9 Å². The van der Waals surface area contributed by atoms with Gasteiger partial charge >= 0.3 is 0 Å². The molecule has 3 aromatic rings. The Kier molecular flexibility index (Phi) is 2.43. The summed E-state index contributed by atoms with van der Waals surface area (Å²) in [5, 5.41) is 7.14. The summed E-state index contributed by atoms with van der Waals surface area (Å²) in [5.41, 5.74) is 4.08. The van der Waals surface area contributed by atoms with Gasteiger partial charge in [-0.1, -0.05) is 36.4 Å². The van der Waals surface area contributed by atoms with E-state index in [2.05, 4.69) is 27.3 Å². The quantitative estimate of drug-likeness (QED) is 0.722. The molecule has 0 saturated heterocycles. The first-order valence-electron chi connectivity index (χ1n) is 5.45. The molecule has 0 fully saturated rings. The van der Waals surface area contributed by atoms with Gasteiger partial charge in [0.15, 0.2) is 0 Å². The summed E-state index contributed by atoms with van der Waals surface area (Å²) in [4.78, 5) is 4.35. The molecule has 3 rings (SSSR count). The molecule has 0 bridgehead atoms. The molecule has 3 heteroatoms. The Balaban J connectivity index is 2.13. The van der Waals surface area contributed by atoms with Crippen LogP contribution in [-0.4, -0.2) is 15.2 Å². The number of hydrogen-bond acceptors (Lipinski definition) is 2. The maximum Gasteiger partial charge on any atom is 0.0744 e. The highest BCUT2D eigenvalue weighted by Crippen LogP contribution is 2.28. The molecule has 0 aliphatic rings. The third-order valence-corrected chi connectivity index (χ3v) is 2.64. The second kappa shape index (κ2) is 4.22. The predicted octanol–water partition coefficient (Wildman–Crippen LogP) is 3.14. The van der Waals surface area contributed by atoms with Crippen molar-refractivity contribution in [1.82, 2.24) is 15.2 Å². The van der Waals surface area contributed by atoms with Gasteiger partial charge in [-0.3, -0.25) is 10.1 Å². The molecule has 2 aromatic heterocycles. The van der Waals surface area contributed by atoms with Crippen LogP contribution in [0.15, 0.2) is 60.9 Å². The fourth-order valence-electron chi connectivity index (χ4n) is 1.83. The molecule has 0 aliphatic carbocycles. The number of rotatable bonds is 2. The van der Waals surface area contributed by atoms with Crippen molar-refractivity contribution >= 4 is 0 Å². The predicted molar refractivity (Wildman–Crippen MR) is 67.3 cm³/mol. The highest BCUT2D eigenvalue weighted by atomic mass is 15.1. The molecule has 17 heavy (non-hydrogen) atoms. The number of benzene rings is 1. The van der Waals surface area contributed by atoms with Gasteiger partial charge in [0, 0.05) is 17.3 Å². The lowest BCUT2D eigenvalue weighted by Gasteiger charge is -2.02. The van der Waals surface area contributed by atoms with Crippen LogP contribution in [0.4, 0.5) is 0 Å². The van der Waals surface area contributed by atoms with E-state index in [1.807, 2.05) is 42.6 Å². The van der Waals surface area contributed by atoms with Crippen LogP contribution in [-0.2, 0) is 0 Å². The first-order chi connectivity index (χ1) is 8.45. The van der Waals surface area contributed by atoms with Crippen LogP contribution in [0.2, 0.25) is 0 Å². The molecular formula is C14H11N3. The van der Waals surface area contributed by atoms with Crippen molar-refractivity contribution in [2.75, 3.05) is 0 Å². The smallest absolute Gasteiger partial charge is 0.0744 e. The molecule has 0 spiro atoms. The van der Waals surface area contributed by atoms with E-state index >= 15 is 0 Å². The minimum Gasteiger partial charge on any atom is -0.277 e. The summed E-state index contributed by atoms with van der Waals surface area (Å²) in [5.74, 6) is 0. The van der Waals surface area contributed by atoms with E-state index in [0.29, 0.717) is 0 Å². The molecule has 0 atom stereocenters. The average Bonchev–Trinajstić information content (AvgIpc) is 2.90.